The van der Waals surface area contributed by atoms with Crippen LogP contribution < -0.4 is 15.8 Å². The molecule has 28 heavy (non-hydrogen) atoms. The minimum atomic E-state index is -4.75. The van der Waals surface area contributed by atoms with Crippen LogP contribution in [-0.2, 0) is 12.8 Å². The molecule has 7 nitrogen and oxygen atoms in total. The van der Waals surface area contributed by atoms with E-state index in [0.717, 1.165) is 6.42 Å². The number of aryl methyl sites for hydroxylation is 1. The summed E-state index contributed by atoms with van der Waals surface area (Å²) >= 11 is 0. The molecule has 0 aliphatic heterocycles. The molecule has 0 saturated carbocycles. The monoisotopic (exact) mass is 393 g/mol. The van der Waals surface area contributed by atoms with E-state index in [1.165, 1.54) is 30.9 Å². The first-order valence-electron chi connectivity index (χ1n) is 8.48. The first-order valence-corrected chi connectivity index (χ1v) is 8.48. The number of ether oxygens (including phenoxy) is 1. The van der Waals surface area contributed by atoms with Crippen molar-refractivity contribution in [1.29, 1.82) is 0 Å². The molecule has 0 amide bonds. The Bertz CT molecular complexity index is 929. The van der Waals surface area contributed by atoms with Crippen molar-refractivity contribution in [3.8, 4) is 5.75 Å². The summed E-state index contributed by atoms with van der Waals surface area (Å²) in [4.78, 5) is 12.3. The van der Waals surface area contributed by atoms with Crippen LogP contribution in [0.3, 0.4) is 0 Å². The van der Waals surface area contributed by atoms with Gasteiger partial charge < -0.3 is 20.2 Å². The van der Waals surface area contributed by atoms with Gasteiger partial charge in [-0.15, -0.1) is 13.2 Å². The largest absolute Gasteiger partial charge is 0.573 e. The zero-order valence-electron chi connectivity index (χ0n) is 15.0. The Balaban J connectivity index is 1.91. The maximum Gasteiger partial charge on any atom is 0.573 e. The molecule has 10 heteroatoms. The summed E-state index contributed by atoms with van der Waals surface area (Å²) in [5, 5.41) is 3.14. The van der Waals surface area contributed by atoms with Gasteiger partial charge in [0, 0.05) is 23.9 Å². The lowest BCUT2D eigenvalue weighted by Crippen LogP contribution is -2.17. The Morgan fingerprint density at radius 1 is 1.21 bits per heavy atom. The number of nitrogens with one attached hydrogen (secondary N) is 1. The van der Waals surface area contributed by atoms with Crippen molar-refractivity contribution >= 4 is 17.5 Å². The number of benzene rings is 1. The molecule has 0 bridgehead atoms. The highest BCUT2D eigenvalue weighted by Gasteiger charge is 2.31. The summed E-state index contributed by atoms with van der Waals surface area (Å²) in [6, 6.07) is 4.13. The van der Waals surface area contributed by atoms with Crippen LogP contribution in [0.1, 0.15) is 30.2 Å². The van der Waals surface area contributed by atoms with Crippen molar-refractivity contribution < 1.29 is 22.3 Å². The van der Waals surface area contributed by atoms with Crippen LogP contribution >= 0.6 is 0 Å². The molecule has 0 spiro atoms. The molecular weight excluding hydrogens is 375 g/mol. The molecule has 0 saturated heterocycles. The summed E-state index contributed by atoms with van der Waals surface area (Å²) < 4.78 is 46.5. The van der Waals surface area contributed by atoms with Gasteiger partial charge in [-0.1, -0.05) is 13.3 Å². The van der Waals surface area contributed by atoms with Crippen molar-refractivity contribution in [3.05, 3.63) is 53.9 Å². The van der Waals surface area contributed by atoms with Gasteiger partial charge >= 0.3 is 6.36 Å². The van der Waals surface area contributed by atoms with Gasteiger partial charge in [-0.25, -0.2) is 9.97 Å². The normalized spacial score (nSPS) is 11.4. The molecule has 1 aromatic carbocycles. The fraction of sp³-hybridized carbons (Fsp3) is 0.278. The van der Waals surface area contributed by atoms with Gasteiger partial charge in [0.1, 0.15) is 17.8 Å². The van der Waals surface area contributed by atoms with Gasteiger partial charge in [0.05, 0.1) is 5.69 Å². The third-order valence-corrected chi connectivity index (χ3v) is 3.82. The summed E-state index contributed by atoms with van der Waals surface area (Å²) in [7, 11) is 0. The predicted molar refractivity (Wildman–Crippen MR) is 96.2 cm³/mol. The van der Waals surface area contributed by atoms with Crippen molar-refractivity contribution in [2.45, 2.75) is 32.5 Å². The highest BCUT2D eigenvalue weighted by Crippen LogP contribution is 2.30. The maximum absolute atomic E-state index is 12.5. The van der Waals surface area contributed by atoms with E-state index in [9.17, 15) is 13.2 Å². The molecule has 0 fully saturated rings. The van der Waals surface area contributed by atoms with Crippen LogP contribution in [0.2, 0.25) is 0 Å². The maximum atomic E-state index is 12.5. The number of nitrogens with two attached hydrogens (primary N) is 1. The predicted octanol–water partition coefficient (Wildman–Crippen LogP) is 4.23. The molecule has 2 aromatic heterocycles. The van der Waals surface area contributed by atoms with Gasteiger partial charge in [0.2, 0.25) is 5.95 Å². The summed E-state index contributed by atoms with van der Waals surface area (Å²) in [6.07, 6.45) is 1.34. The van der Waals surface area contributed by atoms with Crippen molar-refractivity contribution in [2.24, 2.45) is 0 Å². The lowest BCUT2D eigenvalue weighted by Gasteiger charge is -2.16. The van der Waals surface area contributed by atoms with Gasteiger partial charge in [-0.05, 0) is 30.2 Å². The lowest BCUT2D eigenvalue weighted by molar-refractivity contribution is -0.274. The van der Waals surface area contributed by atoms with E-state index < -0.39 is 6.36 Å². The smallest absolute Gasteiger partial charge is 0.451 e. The van der Waals surface area contributed by atoms with E-state index >= 15 is 0 Å². The molecule has 0 aliphatic rings. The van der Waals surface area contributed by atoms with Crippen molar-refractivity contribution in [3.63, 3.8) is 0 Å². The van der Waals surface area contributed by atoms with Crippen LogP contribution in [-0.4, -0.2) is 21.3 Å². The average molecular weight is 393 g/mol. The average Bonchev–Trinajstić information content (AvgIpc) is 3.11. The van der Waals surface area contributed by atoms with Gasteiger partial charge in [0.15, 0.2) is 6.39 Å². The lowest BCUT2D eigenvalue weighted by atomic mass is 10.1. The number of anilines is 3. The number of nitrogen functional groups attached to an aromatic ring is 1. The number of nitrogens with zero attached hydrogens (tertiary/aromatic N) is 3. The number of hydrogen-bond donors (Lipinski definition) is 2. The van der Waals surface area contributed by atoms with Crippen molar-refractivity contribution in [1.82, 2.24) is 15.0 Å². The highest BCUT2D eigenvalue weighted by molar-refractivity contribution is 5.65. The molecular formula is C18H18F3N5O2. The topological polar surface area (TPSA) is 99.1 Å². The van der Waals surface area contributed by atoms with E-state index in [2.05, 4.69) is 25.0 Å². The summed E-state index contributed by atoms with van der Waals surface area (Å²) in [5.74, 6) is 0.240. The second-order valence-corrected chi connectivity index (χ2v) is 6.00. The number of hydrogen-bond acceptors (Lipinski definition) is 7. The van der Waals surface area contributed by atoms with Gasteiger partial charge in [0.25, 0.3) is 0 Å². The number of halogens is 3. The molecule has 0 unspecified atom stereocenters. The Hall–Kier alpha value is -3.30. The van der Waals surface area contributed by atoms with Gasteiger partial charge in [-0.2, -0.15) is 4.98 Å². The van der Waals surface area contributed by atoms with E-state index in [0.29, 0.717) is 41.2 Å². The summed E-state index contributed by atoms with van der Waals surface area (Å²) in [5.41, 5.74) is 8.36. The zero-order valence-corrected chi connectivity index (χ0v) is 15.0. The molecule has 0 atom stereocenters. The van der Waals surface area contributed by atoms with E-state index in [1.807, 2.05) is 6.92 Å². The molecule has 3 aromatic rings. The molecule has 148 valence electrons. The second-order valence-electron chi connectivity index (χ2n) is 6.00. The van der Waals surface area contributed by atoms with Crippen LogP contribution in [0.4, 0.5) is 30.6 Å². The van der Waals surface area contributed by atoms with E-state index in [-0.39, 0.29) is 11.7 Å². The van der Waals surface area contributed by atoms with E-state index in [4.69, 9.17) is 10.2 Å². The van der Waals surface area contributed by atoms with E-state index in [1.54, 1.807) is 6.20 Å². The fourth-order valence-electron chi connectivity index (χ4n) is 2.67. The molecule has 3 rings (SSSR count). The first kappa shape index (κ1) is 19.5. The zero-order chi connectivity index (χ0) is 20.1. The second kappa shape index (κ2) is 8.15. The SMILES string of the molecule is CCCc1cc(OC(F)(F)F)ccc1Nc1nc(N)ncc1Cc1cocn1. The van der Waals surface area contributed by atoms with Crippen LogP contribution in [0.15, 0.2) is 41.5 Å². The Labute approximate surface area is 158 Å². The van der Waals surface area contributed by atoms with Crippen LogP contribution in [0.5, 0.6) is 5.75 Å². The Morgan fingerprint density at radius 2 is 2.04 bits per heavy atom. The standard InChI is InChI=1S/C18H18F3N5O2/c1-2-3-11-7-14(28-18(19,20)21)4-5-15(11)25-16-12(8-23-17(22)26-16)6-13-9-27-10-24-13/h4-5,7-10H,2-3,6H2,1H3,(H3,22,23,25,26). The van der Waals surface area contributed by atoms with Crippen LogP contribution in [0.25, 0.3) is 0 Å². The minimum Gasteiger partial charge on any atom is -0.451 e. The first-order chi connectivity index (χ1) is 13.3. The number of oxazole rings is 1. The van der Waals surface area contributed by atoms with Crippen LogP contribution in [0, 0.1) is 0 Å². The fourth-order valence-corrected chi connectivity index (χ4v) is 2.67. The number of rotatable bonds is 7. The van der Waals surface area contributed by atoms with Crippen molar-refractivity contribution in [2.75, 3.05) is 11.1 Å². The highest BCUT2D eigenvalue weighted by atomic mass is 19.4. The minimum absolute atomic E-state index is 0.0699. The molecule has 0 radical (unpaired) electrons. The van der Waals surface area contributed by atoms with Gasteiger partial charge in [-0.3, -0.25) is 0 Å². The quantitative estimate of drug-likeness (QED) is 0.620. The Kier molecular flexibility index (Phi) is 5.67. The molecule has 3 N–H and O–H groups in total. The number of aromatic nitrogens is 3. The third kappa shape index (κ3) is 5.12. The molecule has 0 aliphatic carbocycles. The number of alkyl halides is 3. The molecule has 2 heterocycles. The Morgan fingerprint density at radius 3 is 2.71 bits per heavy atom. The third-order valence-electron chi connectivity index (χ3n) is 3.82. The summed E-state index contributed by atoms with van der Waals surface area (Å²) in [6.45, 7) is 1.93.